The van der Waals surface area contributed by atoms with Crippen LogP contribution in [0.3, 0.4) is 0 Å². The summed E-state index contributed by atoms with van der Waals surface area (Å²) in [5, 5.41) is 14.6. The van der Waals surface area contributed by atoms with Crippen molar-refractivity contribution in [1.29, 1.82) is 0 Å². The number of aliphatic carboxylic acids is 1. The van der Waals surface area contributed by atoms with Crippen LogP contribution in [0, 0.1) is 18.3 Å². The van der Waals surface area contributed by atoms with Gasteiger partial charge in [-0.2, -0.15) is 0 Å². The van der Waals surface area contributed by atoms with Crippen molar-refractivity contribution in [3.05, 3.63) is 59.7 Å². The molecule has 3 N–H and O–H groups in total. The number of hydrogen-bond donors (Lipinski definition) is 3. The van der Waals surface area contributed by atoms with E-state index < -0.39 is 18.1 Å². The predicted molar refractivity (Wildman–Crippen MR) is 127 cm³/mol. The maximum absolute atomic E-state index is 12.6. The number of carbonyl (C=O) groups is 3. The van der Waals surface area contributed by atoms with Crippen molar-refractivity contribution < 1.29 is 24.2 Å². The van der Waals surface area contributed by atoms with Gasteiger partial charge in [0.25, 0.3) is 0 Å². The summed E-state index contributed by atoms with van der Waals surface area (Å²) in [7, 11) is 0. The lowest BCUT2D eigenvalue weighted by atomic mass is 9.98. The van der Waals surface area contributed by atoms with Crippen LogP contribution in [0.25, 0.3) is 11.1 Å². The van der Waals surface area contributed by atoms with Crippen molar-refractivity contribution in [2.75, 3.05) is 6.61 Å². The molecule has 1 saturated carbocycles. The lowest BCUT2D eigenvalue weighted by Crippen LogP contribution is -2.43. The van der Waals surface area contributed by atoms with E-state index in [1.165, 1.54) is 11.1 Å². The third kappa shape index (κ3) is 5.07. The van der Waals surface area contributed by atoms with Crippen LogP contribution >= 0.6 is 0 Å². The second-order valence-corrected chi connectivity index (χ2v) is 8.84. The molecular formula is C27H28N2O5. The lowest BCUT2D eigenvalue weighted by Gasteiger charge is -2.22. The number of rotatable bonds is 8. The van der Waals surface area contributed by atoms with E-state index in [1.807, 2.05) is 24.3 Å². The molecule has 2 aromatic carbocycles. The standard InChI is InChI=1S/C27H28N2O5/c1-2-8-24(26(31)32)28-25(30)15-17-9-7-14-23(17)29-27(33)34-16-22-20-12-5-3-10-18(20)19-11-4-6-13-21(19)22/h1,3-6,10-13,17,22-24H,7-9,14-16H2,(H,28,30)(H,29,33)(H,31,32)/t17-,23+,24?/m0/s1. The second-order valence-electron chi connectivity index (χ2n) is 8.84. The Balaban J connectivity index is 1.32. The quantitative estimate of drug-likeness (QED) is 0.522. The number of nitrogens with one attached hydrogen (secondary N) is 2. The molecule has 2 aromatic rings. The Labute approximate surface area is 198 Å². The van der Waals surface area contributed by atoms with Crippen LogP contribution in [0.5, 0.6) is 0 Å². The number of carboxylic acid groups (broad SMARTS) is 1. The van der Waals surface area contributed by atoms with Crippen LogP contribution in [0.4, 0.5) is 4.79 Å². The molecule has 4 rings (SSSR count). The summed E-state index contributed by atoms with van der Waals surface area (Å²) < 4.78 is 5.63. The molecule has 2 amide bonds. The van der Waals surface area contributed by atoms with Gasteiger partial charge < -0.3 is 20.5 Å². The van der Waals surface area contributed by atoms with E-state index in [0.717, 1.165) is 30.4 Å². The molecule has 7 heteroatoms. The average molecular weight is 461 g/mol. The Morgan fingerprint density at radius 3 is 2.32 bits per heavy atom. The SMILES string of the molecule is C#CCC(NC(=O)C[C@@H]1CCC[C@H]1NC(=O)OCC1c2ccccc2-c2ccccc21)C(=O)O. The first-order valence-electron chi connectivity index (χ1n) is 11.5. The number of alkyl carbamates (subject to hydrolysis) is 1. The van der Waals surface area contributed by atoms with Gasteiger partial charge in [-0.1, -0.05) is 55.0 Å². The minimum absolute atomic E-state index is 0.0209. The van der Waals surface area contributed by atoms with Crippen molar-refractivity contribution in [1.82, 2.24) is 10.6 Å². The van der Waals surface area contributed by atoms with Gasteiger partial charge in [0, 0.05) is 24.8 Å². The normalized spacial score (nSPS) is 19.4. The summed E-state index contributed by atoms with van der Waals surface area (Å²) in [6.45, 7) is 0.226. The Hall–Kier alpha value is -3.79. The highest BCUT2D eigenvalue weighted by atomic mass is 16.5. The van der Waals surface area contributed by atoms with E-state index in [1.54, 1.807) is 0 Å². The topological polar surface area (TPSA) is 105 Å². The van der Waals surface area contributed by atoms with Gasteiger partial charge in [0.15, 0.2) is 0 Å². The Kier molecular flexibility index (Phi) is 7.17. The highest BCUT2D eigenvalue weighted by Crippen LogP contribution is 2.44. The van der Waals surface area contributed by atoms with Crippen molar-refractivity contribution in [3.8, 4) is 23.5 Å². The van der Waals surface area contributed by atoms with Gasteiger partial charge in [-0.15, -0.1) is 12.3 Å². The third-order valence-electron chi connectivity index (χ3n) is 6.71. The van der Waals surface area contributed by atoms with Gasteiger partial charge in [-0.3, -0.25) is 4.79 Å². The molecule has 0 radical (unpaired) electrons. The smallest absolute Gasteiger partial charge is 0.407 e. The molecule has 3 atom stereocenters. The lowest BCUT2D eigenvalue weighted by molar-refractivity contribution is -0.141. The number of carbonyl (C=O) groups excluding carboxylic acids is 2. The van der Waals surface area contributed by atoms with Gasteiger partial charge in [-0.05, 0) is 41.0 Å². The molecule has 0 bridgehead atoms. The van der Waals surface area contributed by atoms with Crippen molar-refractivity contribution >= 4 is 18.0 Å². The number of carboxylic acids is 1. The molecule has 0 aromatic heterocycles. The first-order chi connectivity index (χ1) is 16.5. The average Bonchev–Trinajstić information content (AvgIpc) is 3.39. The zero-order valence-electron chi connectivity index (χ0n) is 18.8. The maximum Gasteiger partial charge on any atom is 0.407 e. The molecule has 2 aliphatic rings. The monoisotopic (exact) mass is 460 g/mol. The molecule has 0 aliphatic heterocycles. The number of terminal acetylenes is 1. The highest BCUT2D eigenvalue weighted by molar-refractivity contribution is 5.84. The van der Waals surface area contributed by atoms with E-state index in [9.17, 15) is 19.5 Å². The second kappa shape index (κ2) is 10.4. The van der Waals surface area contributed by atoms with Crippen molar-refractivity contribution in [2.45, 2.75) is 50.1 Å². The first kappa shape index (κ1) is 23.4. The fraction of sp³-hybridized carbons (Fsp3) is 0.370. The summed E-state index contributed by atoms with van der Waals surface area (Å²) in [6, 6.07) is 15.0. The fourth-order valence-corrected chi connectivity index (χ4v) is 5.07. The van der Waals surface area contributed by atoms with Crippen LogP contribution in [-0.4, -0.2) is 41.8 Å². The summed E-state index contributed by atoms with van der Waals surface area (Å²) >= 11 is 0. The molecule has 0 heterocycles. The molecule has 1 unspecified atom stereocenters. The van der Waals surface area contributed by atoms with Gasteiger partial charge in [0.2, 0.25) is 5.91 Å². The van der Waals surface area contributed by atoms with E-state index in [-0.39, 0.29) is 43.2 Å². The van der Waals surface area contributed by atoms with Crippen LogP contribution in [0.15, 0.2) is 48.5 Å². The van der Waals surface area contributed by atoms with Gasteiger partial charge in [-0.25, -0.2) is 9.59 Å². The van der Waals surface area contributed by atoms with E-state index in [4.69, 9.17) is 11.2 Å². The Morgan fingerprint density at radius 2 is 1.71 bits per heavy atom. The van der Waals surface area contributed by atoms with Crippen LogP contribution < -0.4 is 10.6 Å². The molecule has 1 fully saturated rings. The summed E-state index contributed by atoms with van der Waals surface area (Å²) in [5.41, 5.74) is 4.62. The minimum Gasteiger partial charge on any atom is -0.480 e. The maximum atomic E-state index is 12.6. The molecule has 7 nitrogen and oxygen atoms in total. The molecule has 34 heavy (non-hydrogen) atoms. The van der Waals surface area contributed by atoms with Gasteiger partial charge in [0.1, 0.15) is 12.6 Å². The summed E-state index contributed by atoms with van der Waals surface area (Å²) in [6.07, 6.45) is 7.12. The van der Waals surface area contributed by atoms with E-state index >= 15 is 0 Å². The van der Waals surface area contributed by atoms with E-state index in [0.29, 0.717) is 0 Å². The predicted octanol–water partition coefficient (Wildman–Crippen LogP) is 3.68. The minimum atomic E-state index is -1.16. The molecule has 176 valence electrons. The Bertz CT molecular complexity index is 1080. The van der Waals surface area contributed by atoms with Crippen molar-refractivity contribution in [3.63, 3.8) is 0 Å². The van der Waals surface area contributed by atoms with Crippen LogP contribution in [0.1, 0.15) is 49.1 Å². The first-order valence-corrected chi connectivity index (χ1v) is 11.5. The fourth-order valence-electron chi connectivity index (χ4n) is 5.07. The molecule has 2 aliphatic carbocycles. The van der Waals surface area contributed by atoms with Gasteiger partial charge >= 0.3 is 12.1 Å². The zero-order chi connectivity index (χ0) is 24.1. The van der Waals surface area contributed by atoms with Crippen molar-refractivity contribution in [2.24, 2.45) is 5.92 Å². The zero-order valence-corrected chi connectivity index (χ0v) is 18.8. The number of fused-ring (bicyclic) bond motifs is 3. The van der Waals surface area contributed by atoms with Crippen LogP contribution in [0.2, 0.25) is 0 Å². The van der Waals surface area contributed by atoms with Gasteiger partial charge in [0.05, 0.1) is 0 Å². The highest BCUT2D eigenvalue weighted by Gasteiger charge is 2.33. The number of hydrogen-bond acceptors (Lipinski definition) is 4. The number of amides is 2. The Morgan fingerprint density at radius 1 is 1.06 bits per heavy atom. The van der Waals surface area contributed by atoms with Crippen LogP contribution in [-0.2, 0) is 14.3 Å². The molecular weight excluding hydrogens is 432 g/mol. The largest absolute Gasteiger partial charge is 0.480 e. The van der Waals surface area contributed by atoms with E-state index in [2.05, 4.69) is 40.8 Å². The molecule has 0 spiro atoms. The number of ether oxygens (including phenoxy) is 1. The molecule has 0 saturated heterocycles. The summed E-state index contributed by atoms with van der Waals surface area (Å²) in [5.74, 6) is 0.618. The summed E-state index contributed by atoms with van der Waals surface area (Å²) in [4.78, 5) is 36.2. The number of benzene rings is 2. The third-order valence-corrected chi connectivity index (χ3v) is 6.71.